The van der Waals surface area contributed by atoms with Crippen LogP contribution in [0.15, 0.2) is 58.9 Å². The monoisotopic (exact) mass is 460 g/mol. The van der Waals surface area contributed by atoms with Crippen LogP contribution in [0.2, 0.25) is 0 Å². The van der Waals surface area contributed by atoms with Crippen molar-refractivity contribution in [3.63, 3.8) is 0 Å². The highest BCUT2D eigenvalue weighted by atomic mass is 16.2. The van der Waals surface area contributed by atoms with E-state index in [0.29, 0.717) is 41.6 Å². The number of aromatic nitrogens is 6. The number of rotatable bonds is 4. The highest BCUT2D eigenvalue weighted by Crippen LogP contribution is 2.29. The Morgan fingerprint density at radius 3 is 2.03 bits per heavy atom. The molecule has 4 heterocycles. The third kappa shape index (κ3) is 3.08. The van der Waals surface area contributed by atoms with Gasteiger partial charge in [-0.05, 0) is 11.1 Å². The predicted molar refractivity (Wildman–Crippen MR) is 127 cm³/mol. The van der Waals surface area contributed by atoms with Crippen LogP contribution in [0, 0.1) is 0 Å². The van der Waals surface area contributed by atoms with Gasteiger partial charge in [0.15, 0.2) is 22.7 Å². The number of imidazole rings is 2. The molecule has 1 aliphatic rings. The van der Waals surface area contributed by atoms with Crippen molar-refractivity contribution in [2.75, 3.05) is 19.0 Å². The predicted octanol–water partition coefficient (Wildman–Crippen LogP) is 0.720. The molecular weight excluding hydrogens is 436 g/mol. The number of aryl methyl sites for hydroxylation is 1. The molecule has 3 aromatic heterocycles. The normalized spacial score (nSPS) is 13.8. The zero-order valence-electron chi connectivity index (χ0n) is 19.4. The van der Waals surface area contributed by atoms with Crippen LogP contribution in [0.25, 0.3) is 11.2 Å². The van der Waals surface area contributed by atoms with Crippen LogP contribution in [0.3, 0.4) is 0 Å². The topological polar surface area (TPSA) is 103 Å². The Morgan fingerprint density at radius 2 is 1.38 bits per heavy atom. The lowest BCUT2D eigenvalue weighted by Gasteiger charge is -2.33. The molecule has 0 bridgehead atoms. The Kier molecular flexibility index (Phi) is 4.78. The van der Waals surface area contributed by atoms with Gasteiger partial charge in [0.25, 0.3) is 11.5 Å². The molecule has 0 aliphatic carbocycles. The van der Waals surface area contributed by atoms with Gasteiger partial charge in [-0.25, -0.2) is 14.8 Å². The largest absolute Gasteiger partial charge is 0.332 e. The first kappa shape index (κ1) is 21.4. The van der Waals surface area contributed by atoms with Crippen LogP contribution in [-0.4, -0.2) is 53.1 Å². The molecule has 1 aliphatic heterocycles. The molecule has 1 amide bonds. The molecule has 0 N–H and O–H groups in total. The first-order valence-corrected chi connectivity index (χ1v) is 10.6. The summed E-state index contributed by atoms with van der Waals surface area (Å²) in [4.78, 5) is 49.6. The summed E-state index contributed by atoms with van der Waals surface area (Å²) in [5.41, 5.74) is 2.45. The second kappa shape index (κ2) is 7.58. The van der Waals surface area contributed by atoms with E-state index in [1.807, 2.05) is 35.9 Å². The van der Waals surface area contributed by atoms with Crippen LogP contribution >= 0.6 is 0 Å². The van der Waals surface area contributed by atoms with E-state index in [2.05, 4.69) is 16.5 Å². The lowest BCUT2D eigenvalue weighted by molar-refractivity contribution is 0.0816. The maximum atomic E-state index is 12.8. The van der Waals surface area contributed by atoms with Crippen LogP contribution < -0.4 is 16.1 Å². The smallest absolute Gasteiger partial charge is 0.320 e. The van der Waals surface area contributed by atoms with Crippen molar-refractivity contribution in [1.82, 2.24) is 33.1 Å². The molecule has 0 radical (unpaired) electrons. The molecule has 0 unspecified atom stereocenters. The molecular formula is C23H24N8O3. The van der Waals surface area contributed by atoms with E-state index in [9.17, 15) is 14.4 Å². The molecule has 11 nitrogen and oxygen atoms in total. The van der Waals surface area contributed by atoms with Gasteiger partial charge in [0.05, 0.1) is 12.7 Å². The summed E-state index contributed by atoms with van der Waals surface area (Å²) in [6.45, 7) is 4.85. The van der Waals surface area contributed by atoms with Gasteiger partial charge in [-0.2, -0.15) is 0 Å². The number of hydrogen-bond donors (Lipinski definition) is 0. The molecule has 4 aromatic rings. The Morgan fingerprint density at radius 1 is 0.794 bits per heavy atom. The van der Waals surface area contributed by atoms with Gasteiger partial charge >= 0.3 is 5.69 Å². The number of anilines is 1. The first-order chi connectivity index (χ1) is 16.2. The third-order valence-electron chi connectivity index (χ3n) is 6.36. The maximum absolute atomic E-state index is 12.8. The number of nitrogens with zero attached hydrogens (tertiary/aromatic N) is 8. The quantitative estimate of drug-likeness (QED) is 0.445. The fraction of sp³-hybridized carbons (Fsp3) is 0.261. The van der Waals surface area contributed by atoms with Crippen LogP contribution in [0.5, 0.6) is 0 Å². The molecule has 0 atom stereocenters. The van der Waals surface area contributed by atoms with Gasteiger partial charge in [-0.15, -0.1) is 0 Å². The number of amides is 1. The zero-order chi connectivity index (χ0) is 24.3. The number of hydrogen-bond acceptors (Lipinski definition) is 6. The maximum Gasteiger partial charge on any atom is 0.332 e. The van der Waals surface area contributed by atoms with E-state index in [1.165, 1.54) is 16.5 Å². The van der Waals surface area contributed by atoms with Crippen molar-refractivity contribution in [1.29, 1.82) is 0 Å². The summed E-state index contributed by atoms with van der Waals surface area (Å²) in [5.74, 6) is 1.02. The van der Waals surface area contributed by atoms with Gasteiger partial charge < -0.3 is 14.0 Å². The molecule has 0 saturated carbocycles. The van der Waals surface area contributed by atoms with E-state index >= 15 is 0 Å². The zero-order valence-corrected chi connectivity index (χ0v) is 19.4. The second-order valence-electron chi connectivity index (χ2n) is 8.45. The van der Waals surface area contributed by atoms with Gasteiger partial charge in [-0.3, -0.25) is 23.6 Å². The summed E-state index contributed by atoms with van der Waals surface area (Å²) in [7, 11) is 6.59. The van der Waals surface area contributed by atoms with E-state index in [-0.39, 0.29) is 11.5 Å². The number of carbonyl (C=O) groups excluding carboxylic acids is 1. The highest BCUT2D eigenvalue weighted by Gasteiger charge is 2.32. The Bertz CT molecular complexity index is 1590. The fourth-order valence-corrected chi connectivity index (χ4v) is 4.24. The van der Waals surface area contributed by atoms with Crippen LogP contribution in [0.1, 0.15) is 21.6 Å². The lowest BCUT2D eigenvalue weighted by Crippen LogP contribution is -2.41. The summed E-state index contributed by atoms with van der Waals surface area (Å²) in [6, 6.07) is 7.90. The molecule has 0 spiro atoms. The van der Waals surface area contributed by atoms with Crippen molar-refractivity contribution >= 4 is 22.9 Å². The molecule has 174 valence electrons. The van der Waals surface area contributed by atoms with Crippen molar-refractivity contribution in [2.24, 2.45) is 14.1 Å². The average molecular weight is 460 g/mol. The Balaban J connectivity index is 1.41. The van der Waals surface area contributed by atoms with Crippen molar-refractivity contribution in [3.05, 3.63) is 87.0 Å². The number of carbonyl (C=O) groups is 1. The number of fused-ring (bicyclic) bond motifs is 2. The average Bonchev–Trinajstić information content (AvgIpc) is 3.44. The van der Waals surface area contributed by atoms with Gasteiger partial charge in [0.1, 0.15) is 5.82 Å². The standard InChI is InChI=1S/C23H24N8O3/c1-14-26(2)19-17(21(32)27(14)3)30(12-24-19)10-15-6-8-16(9-7-15)11-31-13-25-20-18(31)22(33)29(5)23(34)28(20)4/h6-9,12-13H,1,10-11H2,2-5H3. The minimum absolute atomic E-state index is 0.143. The van der Waals surface area contributed by atoms with Gasteiger partial charge in [0, 0.05) is 41.3 Å². The van der Waals surface area contributed by atoms with E-state index in [0.717, 1.165) is 15.7 Å². The fourth-order valence-electron chi connectivity index (χ4n) is 4.24. The third-order valence-corrected chi connectivity index (χ3v) is 6.36. The summed E-state index contributed by atoms with van der Waals surface area (Å²) in [5, 5.41) is 0. The first-order valence-electron chi connectivity index (χ1n) is 10.6. The molecule has 11 heteroatoms. The van der Waals surface area contributed by atoms with E-state index in [1.54, 1.807) is 36.2 Å². The summed E-state index contributed by atoms with van der Waals surface area (Å²) >= 11 is 0. The highest BCUT2D eigenvalue weighted by molar-refractivity contribution is 6.01. The SMILES string of the molecule is C=C1N(C)C(=O)c2c(ncn2Cc2ccc(Cn3cnc4c3c(=O)n(C)c(=O)n4C)cc2)N1C. The van der Waals surface area contributed by atoms with Crippen LogP contribution in [-0.2, 0) is 27.2 Å². The molecule has 0 fully saturated rings. The van der Waals surface area contributed by atoms with Crippen molar-refractivity contribution in [3.8, 4) is 0 Å². The van der Waals surface area contributed by atoms with Crippen molar-refractivity contribution < 1.29 is 4.79 Å². The molecule has 5 rings (SSSR count). The molecule has 34 heavy (non-hydrogen) atoms. The molecule has 1 aromatic carbocycles. The van der Waals surface area contributed by atoms with Gasteiger partial charge in [-0.1, -0.05) is 30.8 Å². The van der Waals surface area contributed by atoms with Gasteiger partial charge in [0.2, 0.25) is 0 Å². The minimum atomic E-state index is -0.408. The van der Waals surface area contributed by atoms with E-state index < -0.39 is 5.69 Å². The Hall–Kier alpha value is -4.41. The van der Waals surface area contributed by atoms with E-state index in [4.69, 9.17) is 0 Å². The lowest BCUT2D eigenvalue weighted by atomic mass is 10.1. The summed E-state index contributed by atoms with van der Waals surface area (Å²) < 4.78 is 6.03. The minimum Gasteiger partial charge on any atom is -0.320 e. The Labute approximate surface area is 194 Å². The van der Waals surface area contributed by atoms with Crippen LogP contribution in [0.4, 0.5) is 5.82 Å². The second-order valence-corrected chi connectivity index (χ2v) is 8.45. The summed E-state index contributed by atoms with van der Waals surface area (Å²) in [6.07, 6.45) is 3.24. The molecule has 0 saturated heterocycles. The number of benzene rings is 1. The van der Waals surface area contributed by atoms with Crippen molar-refractivity contribution in [2.45, 2.75) is 13.1 Å².